The summed E-state index contributed by atoms with van der Waals surface area (Å²) in [5, 5.41) is 9.16. The molecule has 0 aliphatic heterocycles. The van der Waals surface area contributed by atoms with Crippen LogP contribution in [0.2, 0.25) is 0 Å². The van der Waals surface area contributed by atoms with Gasteiger partial charge >= 0.3 is 5.97 Å². The van der Waals surface area contributed by atoms with Crippen LogP contribution in [-0.4, -0.2) is 15.6 Å². The van der Waals surface area contributed by atoms with E-state index >= 15 is 0 Å². The lowest BCUT2D eigenvalue weighted by Crippen LogP contribution is -1.98. The Morgan fingerprint density at radius 2 is 2.06 bits per heavy atom. The molecular weight excluding hydrogens is 233 g/mol. The second kappa shape index (κ2) is 5.67. The molecule has 18 heavy (non-hydrogen) atoms. The first-order chi connectivity index (χ1) is 8.68. The fourth-order valence-corrected chi connectivity index (χ4v) is 2.12. The highest BCUT2D eigenvalue weighted by molar-refractivity contribution is 5.80. The maximum Gasteiger partial charge on any atom is 0.303 e. The number of hydrogen-bond acceptors (Lipinski definition) is 1. The summed E-state index contributed by atoms with van der Waals surface area (Å²) < 4.78 is 15.5. The summed E-state index contributed by atoms with van der Waals surface area (Å²) in [6.07, 6.45) is 4.59. The van der Waals surface area contributed by atoms with Gasteiger partial charge in [-0.25, -0.2) is 4.39 Å². The highest BCUT2D eigenvalue weighted by Gasteiger charge is 2.04. The molecule has 0 spiro atoms. The molecule has 0 aliphatic carbocycles. The number of hydrogen-bond donors (Lipinski definition) is 1. The second-order valence-corrected chi connectivity index (χ2v) is 4.39. The molecule has 1 aromatic heterocycles. The predicted octanol–water partition coefficient (Wildman–Crippen LogP) is 3.43. The lowest BCUT2D eigenvalue weighted by molar-refractivity contribution is -0.137. The number of carboxylic acids is 1. The van der Waals surface area contributed by atoms with Crippen molar-refractivity contribution in [3.8, 4) is 0 Å². The van der Waals surface area contributed by atoms with Gasteiger partial charge in [-0.3, -0.25) is 4.79 Å². The number of aliphatic carboxylic acids is 1. The van der Waals surface area contributed by atoms with Crippen molar-refractivity contribution in [3.05, 3.63) is 36.3 Å². The minimum absolute atomic E-state index is 0.197. The predicted molar refractivity (Wildman–Crippen MR) is 68.0 cm³/mol. The zero-order chi connectivity index (χ0) is 13.0. The van der Waals surface area contributed by atoms with Gasteiger partial charge in [0.25, 0.3) is 0 Å². The number of carbonyl (C=O) groups is 1. The smallest absolute Gasteiger partial charge is 0.303 e. The first-order valence-electron chi connectivity index (χ1n) is 6.13. The Morgan fingerprint density at radius 3 is 2.83 bits per heavy atom. The van der Waals surface area contributed by atoms with Crippen molar-refractivity contribution >= 4 is 16.9 Å². The Labute approximate surface area is 105 Å². The molecular formula is C14H16FNO2. The summed E-state index contributed by atoms with van der Waals surface area (Å²) in [6.45, 7) is 0.798. The molecule has 0 unspecified atom stereocenters. The number of nitrogens with zero attached hydrogens (tertiary/aromatic N) is 1. The molecule has 96 valence electrons. The van der Waals surface area contributed by atoms with Crippen molar-refractivity contribution in [1.29, 1.82) is 0 Å². The van der Waals surface area contributed by atoms with Gasteiger partial charge in [-0.05, 0) is 31.0 Å². The van der Waals surface area contributed by atoms with Gasteiger partial charge in [-0.2, -0.15) is 0 Å². The van der Waals surface area contributed by atoms with Gasteiger partial charge in [-0.1, -0.05) is 12.5 Å². The number of rotatable bonds is 6. The Morgan fingerprint density at radius 1 is 1.22 bits per heavy atom. The molecule has 0 atom stereocenters. The monoisotopic (exact) mass is 249 g/mol. The van der Waals surface area contributed by atoms with Crippen LogP contribution in [0.3, 0.4) is 0 Å². The van der Waals surface area contributed by atoms with Crippen molar-refractivity contribution < 1.29 is 14.3 Å². The molecule has 0 bridgehead atoms. The molecule has 2 rings (SSSR count). The third-order valence-electron chi connectivity index (χ3n) is 3.05. The van der Waals surface area contributed by atoms with Crippen molar-refractivity contribution in [2.24, 2.45) is 0 Å². The molecule has 0 amide bonds. The van der Waals surface area contributed by atoms with Crippen LogP contribution in [0.15, 0.2) is 30.5 Å². The van der Waals surface area contributed by atoms with E-state index in [0.29, 0.717) is 11.8 Å². The SMILES string of the molecule is O=C(O)CCCCCn1ccc2c(F)cccc21. The van der Waals surface area contributed by atoms with Crippen LogP contribution in [-0.2, 0) is 11.3 Å². The van der Waals surface area contributed by atoms with Crippen LogP contribution in [0, 0.1) is 5.82 Å². The van der Waals surface area contributed by atoms with Gasteiger partial charge < -0.3 is 9.67 Å². The number of benzene rings is 1. The van der Waals surface area contributed by atoms with E-state index in [-0.39, 0.29) is 12.2 Å². The van der Waals surface area contributed by atoms with Gasteiger partial charge in [0, 0.05) is 24.5 Å². The quantitative estimate of drug-likeness (QED) is 0.797. The van der Waals surface area contributed by atoms with Crippen LogP contribution in [0.4, 0.5) is 4.39 Å². The van der Waals surface area contributed by atoms with Crippen LogP contribution in [0.1, 0.15) is 25.7 Å². The van der Waals surface area contributed by atoms with Crippen molar-refractivity contribution in [1.82, 2.24) is 4.57 Å². The average molecular weight is 249 g/mol. The van der Waals surface area contributed by atoms with E-state index in [1.165, 1.54) is 6.07 Å². The van der Waals surface area contributed by atoms with Crippen LogP contribution in [0.5, 0.6) is 0 Å². The molecule has 0 radical (unpaired) electrons. The Kier molecular flexibility index (Phi) is 3.97. The Balaban J connectivity index is 1.92. The van der Waals surface area contributed by atoms with E-state index in [4.69, 9.17) is 5.11 Å². The topological polar surface area (TPSA) is 42.2 Å². The minimum Gasteiger partial charge on any atom is -0.481 e. The molecule has 1 N–H and O–H groups in total. The summed E-state index contributed by atoms with van der Waals surface area (Å²) in [5.74, 6) is -0.944. The summed E-state index contributed by atoms with van der Waals surface area (Å²) in [4.78, 5) is 10.4. The van der Waals surface area contributed by atoms with Crippen molar-refractivity contribution in [2.45, 2.75) is 32.2 Å². The van der Waals surface area contributed by atoms with Crippen molar-refractivity contribution in [3.63, 3.8) is 0 Å². The fourth-order valence-electron chi connectivity index (χ4n) is 2.12. The molecule has 3 nitrogen and oxygen atoms in total. The van der Waals surface area contributed by atoms with Crippen LogP contribution >= 0.6 is 0 Å². The highest BCUT2D eigenvalue weighted by atomic mass is 19.1. The van der Waals surface area contributed by atoms with Gasteiger partial charge in [0.1, 0.15) is 5.82 Å². The molecule has 0 saturated heterocycles. The lowest BCUT2D eigenvalue weighted by Gasteiger charge is -2.05. The van der Waals surface area contributed by atoms with E-state index in [0.717, 1.165) is 24.9 Å². The third-order valence-corrected chi connectivity index (χ3v) is 3.05. The summed E-state index contributed by atoms with van der Waals surface area (Å²) in [6, 6.07) is 6.84. The van der Waals surface area contributed by atoms with Gasteiger partial charge in [-0.15, -0.1) is 0 Å². The molecule has 4 heteroatoms. The van der Waals surface area contributed by atoms with Crippen LogP contribution < -0.4 is 0 Å². The summed E-state index contributed by atoms with van der Waals surface area (Å²) in [5.41, 5.74) is 0.897. The normalized spacial score (nSPS) is 10.9. The minimum atomic E-state index is -0.747. The summed E-state index contributed by atoms with van der Waals surface area (Å²) >= 11 is 0. The van der Waals surface area contributed by atoms with E-state index < -0.39 is 5.97 Å². The van der Waals surface area contributed by atoms with E-state index in [1.807, 2.05) is 16.8 Å². The summed E-state index contributed by atoms with van der Waals surface area (Å²) in [7, 11) is 0. The lowest BCUT2D eigenvalue weighted by atomic mass is 10.2. The van der Waals surface area contributed by atoms with Crippen molar-refractivity contribution in [2.75, 3.05) is 0 Å². The zero-order valence-corrected chi connectivity index (χ0v) is 10.1. The second-order valence-electron chi connectivity index (χ2n) is 4.39. The number of aromatic nitrogens is 1. The Bertz CT molecular complexity index is 548. The van der Waals surface area contributed by atoms with E-state index in [2.05, 4.69) is 0 Å². The largest absolute Gasteiger partial charge is 0.481 e. The molecule has 1 heterocycles. The fraction of sp³-hybridized carbons (Fsp3) is 0.357. The average Bonchev–Trinajstić information content (AvgIpc) is 2.73. The molecule has 0 aliphatic rings. The first kappa shape index (κ1) is 12.6. The standard InChI is InChI=1S/C14H16FNO2/c15-12-5-4-6-13-11(12)8-10-16(13)9-3-1-2-7-14(17)18/h4-6,8,10H,1-3,7,9H2,(H,17,18). The van der Waals surface area contributed by atoms with Crippen LogP contribution in [0.25, 0.3) is 10.9 Å². The molecule has 1 aromatic carbocycles. The van der Waals surface area contributed by atoms with Gasteiger partial charge in [0.05, 0.1) is 5.52 Å². The maximum absolute atomic E-state index is 13.5. The Hall–Kier alpha value is -1.84. The van der Waals surface area contributed by atoms with Gasteiger partial charge in [0.15, 0.2) is 0 Å². The maximum atomic E-state index is 13.5. The van der Waals surface area contributed by atoms with E-state index in [9.17, 15) is 9.18 Å². The van der Waals surface area contributed by atoms with Gasteiger partial charge in [0.2, 0.25) is 0 Å². The van der Waals surface area contributed by atoms with E-state index in [1.54, 1.807) is 12.1 Å². The number of carboxylic acid groups (broad SMARTS) is 1. The number of fused-ring (bicyclic) bond motifs is 1. The zero-order valence-electron chi connectivity index (χ0n) is 10.1. The molecule has 0 saturated carbocycles. The first-order valence-corrected chi connectivity index (χ1v) is 6.13. The third kappa shape index (κ3) is 2.88. The number of halogens is 1. The number of unbranched alkanes of at least 4 members (excludes halogenated alkanes) is 2. The number of aryl methyl sites for hydroxylation is 1. The molecule has 0 fully saturated rings. The highest BCUT2D eigenvalue weighted by Crippen LogP contribution is 2.19. The molecule has 2 aromatic rings.